The van der Waals surface area contributed by atoms with E-state index in [-0.39, 0.29) is 5.91 Å². The zero-order valence-electron chi connectivity index (χ0n) is 11.0. The monoisotopic (exact) mass is 263 g/mol. The van der Waals surface area contributed by atoms with Gasteiger partial charge in [0.2, 0.25) is 5.91 Å². The number of hydrogen-bond donors (Lipinski definition) is 0. The molecule has 0 saturated carbocycles. The number of benzene rings is 1. The highest BCUT2D eigenvalue weighted by Gasteiger charge is 2.23. The predicted octanol–water partition coefficient (Wildman–Crippen LogP) is 3.50. The van der Waals surface area contributed by atoms with Gasteiger partial charge in [-0.3, -0.25) is 4.79 Å². The van der Waals surface area contributed by atoms with Crippen LogP contribution in [0.15, 0.2) is 24.3 Å². The van der Waals surface area contributed by atoms with Gasteiger partial charge in [-0.25, -0.2) is 0 Å². The fourth-order valence-electron chi connectivity index (χ4n) is 2.24. The van der Waals surface area contributed by atoms with Crippen LogP contribution in [-0.4, -0.2) is 24.0 Å². The Morgan fingerprint density at radius 1 is 1.33 bits per heavy atom. The van der Waals surface area contributed by atoms with Crippen molar-refractivity contribution in [3.8, 4) is 0 Å². The number of thioether (sulfide) groups is 1. The number of rotatable bonds is 6. The van der Waals surface area contributed by atoms with Crippen LogP contribution in [0, 0.1) is 0 Å². The quantitative estimate of drug-likeness (QED) is 0.732. The second kappa shape index (κ2) is 6.83. The Morgan fingerprint density at radius 2 is 2.17 bits per heavy atom. The van der Waals surface area contributed by atoms with E-state index >= 15 is 0 Å². The zero-order chi connectivity index (χ0) is 12.8. The topological polar surface area (TPSA) is 20.3 Å². The Kier molecular flexibility index (Phi) is 5.12. The van der Waals surface area contributed by atoms with Gasteiger partial charge < -0.3 is 4.90 Å². The molecule has 1 aromatic carbocycles. The highest BCUT2D eigenvalue weighted by Crippen LogP contribution is 2.28. The SMILES string of the molecule is CCCCSCCC(=O)N1CCc2ccccc21. The summed E-state index contributed by atoms with van der Waals surface area (Å²) >= 11 is 1.90. The van der Waals surface area contributed by atoms with E-state index in [2.05, 4.69) is 19.1 Å². The number of fused-ring (bicyclic) bond motifs is 1. The largest absolute Gasteiger partial charge is 0.312 e. The summed E-state index contributed by atoms with van der Waals surface area (Å²) < 4.78 is 0. The summed E-state index contributed by atoms with van der Waals surface area (Å²) in [7, 11) is 0. The second-order valence-corrected chi connectivity index (χ2v) is 5.86. The number of unbranched alkanes of at least 4 members (excludes halogenated alkanes) is 1. The molecule has 0 spiro atoms. The van der Waals surface area contributed by atoms with Crippen LogP contribution in [0.4, 0.5) is 5.69 Å². The first kappa shape index (κ1) is 13.5. The smallest absolute Gasteiger partial charge is 0.227 e. The lowest BCUT2D eigenvalue weighted by atomic mass is 10.2. The average molecular weight is 263 g/mol. The molecule has 18 heavy (non-hydrogen) atoms. The summed E-state index contributed by atoms with van der Waals surface area (Å²) in [6.45, 7) is 3.06. The maximum absolute atomic E-state index is 12.2. The van der Waals surface area contributed by atoms with Gasteiger partial charge in [-0.2, -0.15) is 11.8 Å². The molecular weight excluding hydrogens is 242 g/mol. The lowest BCUT2D eigenvalue weighted by molar-refractivity contribution is -0.118. The molecule has 0 atom stereocenters. The van der Waals surface area contributed by atoms with Gasteiger partial charge >= 0.3 is 0 Å². The normalized spacial score (nSPS) is 13.7. The molecule has 0 aromatic heterocycles. The van der Waals surface area contributed by atoms with Crippen molar-refractivity contribution in [3.63, 3.8) is 0 Å². The van der Waals surface area contributed by atoms with Crippen LogP contribution >= 0.6 is 11.8 Å². The molecule has 1 amide bonds. The van der Waals surface area contributed by atoms with Crippen molar-refractivity contribution in [1.29, 1.82) is 0 Å². The van der Waals surface area contributed by atoms with E-state index in [4.69, 9.17) is 0 Å². The molecular formula is C15H21NOS. The third-order valence-electron chi connectivity index (χ3n) is 3.29. The van der Waals surface area contributed by atoms with Crippen molar-refractivity contribution >= 4 is 23.4 Å². The number of nitrogens with zero attached hydrogens (tertiary/aromatic N) is 1. The van der Waals surface area contributed by atoms with Gasteiger partial charge in [0, 0.05) is 24.4 Å². The summed E-state index contributed by atoms with van der Waals surface area (Å²) in [6.07, 6.45) is 4.17. The van der Waals surface area contributed by atoms with Crippen LogP contribution in [0.5, 0.6) is 0 Å². The number of amides is 1. The Labute approximate surface area is 114 Å². The first-order valence-electron chi connectivity index (χ1n) is 6.79. The molecule has 1 heterocycles. The molecule has 1 aliphatic heterocycles. The fraction of sp³-hybridized carbons (Fsp3) is 0.533. The van der Waals surface area contributed by atoms with Crippen molar-refractivity contribution in [3.05, 3.63) is 29.8 Å². The van der Waals surface area contributed by atoms with Crippen molar-refractivity contribution in [2.75, 3.05) is 23.0 Å². The van der Waals surface area contributed by atoms with Crippen LogP contribution in [0.2, 0.25) is 0 Å². The van der Waals surface area contributed by atoms with Crippen LogP contribution in [-0.2, 0) is 11.2 Å². The molecule has 0 bridgehead atoms. The van der Waals surface area contributed by atoms with Gasteiger partial charge in [-0.05, 0) is 30.2 Å². The highest BCUT2D eigenvalue weighted by molar-refractivity contribution is 7.99. The average Bonchev–Trinajstić information content (AvgIpc) is 2.82. The Hall–Kier alpha value is -0.960. The van der Waals surface area contributed by atoms with E-state index in [9.17, 15) is 4.79 Å². The number of anilines is 1. The summed E-state index contributed by atoms with van der Waals surface area (Å²) in [5.41, 5.74) is 2.44. The van der Waals surface area contributed by atoms with Gasteiger partial charge in [0.05, 0.1) is 0 Å². The first-order valence-corrected chi connectivity index (χ1v) is 7.94. The molecule has 1 aromatic rings. The van der Waals surface area contributed by atoms with E-state index in [1.165, 1.54) is 24.2 Å². The minimum absolute atomic E-state index is 0.281. The third-order valence-corrected chi connectivity index (χ3v) is 4.36. The van der Waals surface area contributed by atoms with Gasteiger partial charge in [-0.15, -0.1) is 0 Å². The van der Waals surface area contributed by atoms with Gasteiger partial charge in [-0.1, -0.05) is 31.5 Å². The van der Waals surface area contributed by atoms with Crippen LogP contribution in [0.25, 0.3) is 0 Å². The van der Waals surface area contributed by atoms with E-state index in [0.29, 0.717) is 6.42 Å². The van der Waals surface area contributed by atoms with Crippen LogP contribution < -0.4 is 4.90 Å². The number of para-hydroxylation sites is 1. The maximum atomic E-state index is 12.2. The highest BCUT2D eigenvalue weighted by atomic mass is 32.2. The molecule has 98 valence electrons. The Morgan fingerprint density at radius 3 is 3.00 bits per heavy atom. The zero-order valence-corrected chi connectivity index (χ0v) is 11.8. The number of hydrogen-bond acceptors (Lipinski definition) is 2. The summed E-state index contributed by atoms with van der Waals surface area (Å²) in [5.74, 6) is 2.42. The first-order chi connectivity index (χ1) is 8.83. The molecule has 2 nitrogen and oxygen atoms in total. The molecule has 0 fully saturated rings. The van der Waals surface area contributed by atoms with Crippen molar-refractivity contribution in [2.45, 2.75) is 32.6 Å². The molecule has 0 saturated heterocycles. The lowest BCUT2D eigenvalue weighted by Gasteiger charge is -2.17. The standard InChI is InChI=1S/C15H21NOS/c1-2-3-11-18-12-9-15(17)16-10-8-13-6-4-5-7-14(13)16/h4-7H,2-3,8-12H2,1H3. The predicted molar refractivity (Wildman–Crippen MR) is 79.3 cm³/mol. The minimum atomic E-state index is 0.281. The van der Waals surface area contributed by atoms with E-state index in [0.717, 1.165) is 24.4 Å². The van der Waals surface area contributed by atoms with Crippen molar-refractivity contribution in [2.24, 2.45) is 0 Å². The lowest BCUT2D eigenvalue weighted by Crippen LogP contribution is -2.29. The Bertz CT molecular complexity index is 405. The molecule has 0 radical (unpaired) electrons. The van der Waals surface area contributed by atoms with Gasteiger partial charge in [0.15, 0.2) is 0 Å². The van der Waals surface area contributed by atoms with Crippen molar-refractivity contribution in [1.82, 2.24) is 0 Å². The van der Waals surface area contributed by atoms with E-state index < -0.39 is 0 Å². The van der Waals surface area contributed by atoms with E-state index in [1.54, 1.807) is 0 Å². The number of carbonyl (C=O) groups excluding carboxylic acids is 1. The number of carbonyl (C=O) groups is 1. The fourth-order valence-corrected chi connectivity index (χ4v) is 3.26. The molecule has 0 unspecified atom stereocenters. The Balaban J connectivity index is 1.80. The third kappa shape index (κ3) is 3.29. The summed E-state index contributed by atoms with van der Waals surface area (Å²) in [4.78, 5) is 14.1. The van der Waals surface area contributed by atoms with Gasteiger partial charge in [0.1, 0.15) is 0 Å². The molecule has 3 heteroatoms. The second-order valence-electron chi connectivity index (χ2n) is 4.64. The summed E-state index contributed by atoms with van der Waals surface area (Å²) in [6, 6.07) is 8.25. The minimum Gasteiger partial charge on any atom is -0.312 e. The van der Waals surface area contributed by atoms with Gasteiger partial charge in [0.25, 0.3) is 0 Å². The molecule has 0 N–H and O–H groups in total. The van der Waals surface area contributed by atoms with Crippen LogP contribution in [0.3, 0.4) is 0 Å². The van der Waals surface area contributed by atoms with Crippen molar-refractivity contribution < 1.29 is 4.79 Å². The molecule has 0 aliphatic carbocycles. The maximum Gasteiger partial charge on any atom is 0.227 e. The van der Waals surface area contributed by atoms with E-state index in [1.807, 2.05) is 28.8 Å². The molecule has 1 aliphatic rings. The summed E-state index contributed by atoms with van der Waals surface area (Å²) in [5, 5.41) is 0. The van der Waals surface area contributed by atoms with Crippen LogP contribution in [0.1, 0.15) is 31.7 Å². The molecule has 2 rings (SSSR count).